The van der Waals surface area contributed by atoms with Gasteiger partial charge in [-0.1, -0.05) is 376 Å². The van der Waals surface area contributed by atoms with Crippen LogP contribution in [-0.2, 0) is 10.8 Å². The first-order valence-corrected chi connectivity index (χ1v) is 43.6. The Morgan fingerprint density at radius 2 is 0.453 bits per heavy atom. The lowest BCUT2D eigenvalue weighted by atomic mass is 9.64. The van der Waals surface area contributed by atoms with Crippen LogP contribution in [0.25, 0.3) is 156 Å². The van der Waals surface area contributed by atoms with E-state index in [2.05, 4.69) is 380 Å². The molecule has 6 heterocycles. The summed E-state index contributed by atoms with van der Waals surface area (Å²) < 4.78 is 0. The van der Waals surface area contributed by atoms with Crippen LogP contribution in [0.3, 0.4) is 0 Å². The van der Waals surface area contributed by atoms with Gasteiger partial charge in [-0.2, -0.15) is 0 Å². The minimum Gasteiger partial charge on any atom is -0.310 e. The van der Waals surface area contributed by atoms with Gasteiger partial charge in [0, 0.05) is 77.4 Å². The molecule has 2 aliphatic heterocycles. The molecule has 22 aromatic rings. The average Bonchev–Trinajstić information content (AvgIpc) is 1.49. The Labute approximate surface area is 740 Å². The van der Waals surface area contributed by atoms with Crippen molar-refractivity contribution in [2.45, 2.75) is 10.8 Å². The van der Waals surface area contributed by atoms with Crippen LogP contribution in [0.15, 0.2) is 455 Å². The number of hydrogen-bond donors (Lipinski definition) is 0. The second-order valence-electron chi connectivity index (χ2n) is 33.2. The molecule has 9 nitrogen and oxygen atoms in total. The summed E-state index contributed by atoms with van der Waals surface area (Å²) in [6.07, 6.45) is 0. The van der Waals surface area contributed by atoms with Crippen molar-refractivity contribution in [2.75, 3.05) is 9.80 Å². The minimum absolute atomic E-state index is 0.578. The van der Waals surface area contributed by atoms with Gasteiger partial charge in [-0.25, -0.2) is 34.9 Å². The molecule has 18 aromatic carbocycles. The van der Waals surface area contributed by atoms with E-state index in [1.54, 1.807) is 0 Å². The second kappa shape index (κ2) is 29.9. The fourth-order valence-corrected chi connectivity index (χ4v) is 20.8. The summed E-state index contributed by atoms with van der Waals surface area (Å²) >= 11 is 0. The van der Waals surface area contributed by atoms with E-state index < -0.39 is 10.8 Å². The molecular weight excluding hydrogens is 1560 g/mol. The standard InChI is InChI=1S/C60H38N4.C59H37N5/c1-5-19-39(20-6-1)53-38-54(63-59(62-53)41-23-9-3-10-24-41)42-33-34-46-47-37-57-52(36-48(47)58(61-55(46)35-42)40-21-7-2-8-22-40)60(49-29-15-13-27-44(49)45-28-14-16-30-50(45)60)51-31-17-18-32-56(51)64(57)43-25-11-4-12-26-43;1-5-19-38(20-6-1)55-47-36-51-54(64(42-25-11-4-12-26-42)53-32-18-17-31-50(53)59(51)48-29-15-13-27-43(48)44-28-14-16-30-49(44)59)37-46(47)45-34-33-41(35-52(45)60-55)58-62-56(39-21-7-2-8-22-39)61-57(63-58)40-23-9-3-10-24-40/h1-38H;1-37H. The lowest BCUT2D eigenvalue weighted by Crippen LogP contribution is -2.36. The normalized spacial score (nSPS) is 13.1. The molecule has 0 saturated heterocycles. The van der Waals surface area contributed by atoms with E-state index in [0.29, 0.717) is 23.3 Å². The molecule has 4 aliphatic rings. The first-order chi connectivity index (χ1) is 63.5. The predicted molar refractivity (Wildman–Crippen MR) is 522 cm³/mol. The highest BCUT2D eigenvalue weighted by atomic mass is 15.2. The lowest BCUT2D eigenvalue weighted by molar-refractivity contribution is 0.754. The van der Waals surface area contributed by atoms with Crippen LogP contribution >= 0.6 is 0 Å². The predicted octanol–water partition coefficient (Wildman–Crippen LogP) is 29.4. The van der Waals surface area contributed by atoms with Crippen LogP contribution < -0.4 is 9.80 Å². The summed E-state index contributed by atoms with van der Waals surface area (Å²) in [6, 6.07) is 163. The number of benzene rings is 18. The molecule has 0 N–H and O–H groups in total. The molecule has 9 heteroatoms. The van der Waals surface area contributed by atoms with Crippen molar-refractivity contribution in [1.82, 2.24) is 34.9 Å². The average molecular weight is 1630 g/mol. The molecule has 2 aliphatic carbocycles. The van der Waals surface area contributed by atoms with Crippen molar-refractivity contribution in [3.05, 3.63) is 499 Å². The van der Waals surface area contributed by atoms with Crippen molar-refractivity contribution in [3.63, 3.8) is 0 Å². The van der Waals surface area contributed by atoms with Gasteiger partial charge in [0.1, 0.15) is 0 Å². The van der Waals surface area contributed by atoms with E-state index in [-0.39, 0.29) is 0 Å². The minimum atomic E-state index is -0.586. The zero-order chi connectivity index (χ0) is 84.4. The smallest absolute Gasteiger partial charge is 0.164 e. The highest BCUT2D eigenvalue weighted by molar-refractivity contribution is 6.17. The number of rotatable bonds is 10. The third kappa shape index (κ3) is 11.6. The number of aromatic nitrogens is 7. The summed E-state index contributed by atoms with van der Waals surface area (Å²) in [5.41, 5.74) is 34.1. The summed E-state index contributed by atoms with van der Waals surface area (Å²) in [6.45, 7) is 0. The zero-order valence-corrected chi connectivity index (χ0v) is 69.3. The maximum Gasteiger partial charge on any atom is 0.164 e. The van der Waals surface area contributed by atoms with Gasteiger partial charge in [-0.3, -0.25) is 0 Å². The highest BCUT2D eigenvalue weighted by Crippen LogP contribution is 2.67. The van der Waals surface area contributed by atoms with Crippen LogP contribution in [0.5, 0.6) is 0 Å². The van der Waals surface area contributed by atoms with Crippen LogP contribution in [0.4, 0.5) is 34.1 Å². The van der Waals surface area contributed by atoms with Crippen LogP contribution in [0.2, 0.25) is 0 Å². The molecule has 2 spiro atoms. The molecule has 128 heavy (non-hydrogen) atoms. The van der Waals surface area contributed by atoms with Gasteiger partial charge < -0.3 is 9.80 Å². The number of para-hydroxylation sites is 4. The van der Waals surface area contributed by atoms with Gasteiger partial charge in [0.15, 0.2) is 23.3 Å². The van der Waals surface area contributed by atoms with Gasteiger partial charge in [0.05, 0.1) is 67.4 Å². The van der Waals surface area contributed by atoms with Crippen LogP contribution in [0, 0.1) is 0 Å². The monoisotopic (exact) mass is 1630 g/mol. The number of nitrogens with zero attached hydrogens (tertiary/aromatic N) is 9. The number of fused-ring (bicyclic) bond motifs is 24. The van der Waals surface area contributed by atoms with E-state index in [9.17, 15) is 0 Å². The molecular formula is C119H75N9. The summed E-state index contributed by atoms with van der Waals surface area (Å²) in [7, 11) is 0. The molecule has 0 unspecified atom stereocenters. The van der Waals surface area contributed by atoms with Crippen molar-refractivity contribution < 1.29 is 0 Å². The Balaban J connectivity index is 0.000000139. The van der Waals surface area contributed by atoms with Crippen LogP contribution in [0.1, 0.15) is 44.5 Å². The van der Waals surface area contributed by atoms with Gasteiger partial charge in [0.2, 0.25) is 0 Å². The molecule has 0 bridgehead atoms. The Bertz CT molecular complexity index is 7490. The number of anilines is 6. The van der Waals surface area contributed by atoms with Gasteiger partial charge in [0.25, 0.3) is 0 Å². The number of pyridine rings is 2. The fourth-order valence-electron chi connectivity index (χ4n) is 20.8. The van der Waals surface area contributed by atoms with Crippen molar-refractivity contribution in [2.24, 2.45) is 0 Å². The summed E-state index contributed by atoms with van der Waals surface area (Å²) in [5.74, 6) is 2.52. The third-order valence-electron chi connectivity index (χ3n) is 26.3. The maximum atomic E-state index is 5.64. The topological polar surface area (TPSA) is 96.7 Å². The number of hydrogen-bond acceptors (Lipinski definition) is 9. The SMILES string of the molecule is c1ccc(-c2cc(-c3ccc4c(c3)nc(-c3ccccc3)c3cc5c(cc34)N(c3ccccc3)c3ccccc3C53c4ccccc4-c4ccccc43)nc(-c3ccccc3)n2)cc1.c1ccc(-c2nc(-c3ccccc3)nc(-c3ccc4c(c3)nc(-c3ccccc3)c3cc5c(cc34)N(c3ccccc3)c3ccccc3C53c4ccccc4-c4ccccc43)n2)cc1. The molecule has 596 valence electrons. The molecule has 26 rings (SSSR count). The van der Waals surface area contributed by atoms with Crippen molar-refractivity contribution in [3.8, 4) is 113 Å². The highest BCUT2D eigenvalue weighted by Gasteiger charge is 2.54. The molecule has 0 radical (unpaired) electrons. The molecule has 0 amide bonds. The quantitative estimate of drug-likeness (QED) is 0.124. The van der Waals surface area contributed by atoms with E-state index in [0.717, 1.165) is 139 Å². The van der Waals surface area contributed by atoms with E-state index in [1.807, 2.05) is 84.9 Å². The first kappa shape index (κ1) is 73.7. The zero-order valence-electron chi connectivity index (χ0n) is 69.3. The molecule has 4 aromatic heterocycles. The summed E-state index contributed by atoms with van der Waals surface area (Å²) in [5, 5.41) is 6.59. The Hall–Kier alpha value is -17.0. The lowest BCUT2D eigenvalue weighted by Gasteiger charge is -2.45. The van der Waals surface area contributed by atoms with E-state index in [1.165, 1.54) is 72.4 Å². The Kier molecular flexibility index (Phi) is 17.2. The van der Waals surface area contributed by atoms with Crippen molar-refractivity contribution in [1.29, 1.82) is 0 Å². The van der Waals surface area contributed by atoms with Crippen molar-refractivity contribution >= 4 is 77.5 Å². The molecule has 0 atom stereocenters. The maximum absolute atomic E-state index is 5.64. The van der Waals surface area contributed by atoms with Gasteiger partial charge in [-0.05, 0) is 156 Å². The fraction of sp³-hybridized carbons (Fsp3) is 0.0168. The third-order valence-corrected chi connectivity index (χ3v) is 26.3. The summed E-state index contributed by atoms with van der Waals surface area (Å²) in [4.78, 5) is 41.6. The second-order valence-corrected chi connectivity index (χ2v) is 33.2. The van der Waals surface area contributed by atoms with E-state index >= 15 is 0 Å². The molecule has 0 fully saturated rings. The van der Waals surface area contributed by atoms with Crippen LogP contribution in [-0.4, -0.2) is 34.9 Å². The van der Waals surface area contributed by atoms with E-state index in [4.69, 9.17) is 34.9 Å². The molecule has 0 saturated carbocycles. The van der Waals surface area contributed by atoms with Gasteiger partial charge in [-0.15, -0.1) is 0 Å². The Morgan fingerprint density at radius 1 is 0.164 bits per heavy atom. The largest absolute Gasteiger partial charge is 0.310 e. The first-order valence-electron chi connectivity index (χ1n) is 43.6. The Morgan fingerprint density at radius 3 is 0.836 bits per heavy atom. The van der Waals surface area contributed by atoms with Gasteiger partial charge >= 0.3 is 0 Å².